The van der Waals surface area contributed by atoms with Gasteiger partial charge in [0.05, 0.1) is 13.2 Å². The molecule has 0 saturated carbocycles. The van der Waals surface area contributed by atoms with E-state index in [9.17, 15) is 34.2 Å². The van der Waals surface area contributed by atoms with Crippen LogP contribution >= 0.6 is 12.6 Å². The number of rotatable bonds is 16. The number of aliphatic carboxylic acids is 1. The van der Waals surface area contributed by atoms with Crippen molar-refractivity contribution in [2.24, 2.45) is 17.4 Å². The van der Waals surface area contributed by atoms with Crippen molar-refractivity contribution >= 4 is 42.2 Å². The number of unbranched alkanes of at least 4 members (excludes halogenated alkanes) is 1. The Bertz CT molecular complexity index is 679. The van der Waals surface area contributed by atoms with Gasteiger partial charge >= 0.3 is 5.97 Å². The molecule has 0 rings (SSSR count). The average molecular weight is 493 g/mol. The Hall–Kier alpha value is -2.42. The molecule has 0 aromatic rings. The van der Waals surface area contributed by atoms with Gasteiger partial charge in [0.1, 0.15) is 24.2 Å². The first-order valence-corrected chi connectivity index (χ1v) is 11.2. The predicted octanol–water partition coefficient (Wildman–Crippen LogP) is -3.32. The molecule has 0 aliphatic carbocycles. The Balaban J connectivity index is 5.35. The van der Waals surface area contributed by atoms with E-state index >= 15 is 0 Å². The van der Waals surface area contributed by atoms with Crippen LogP contribution in [0.1, 0.15) is 33.1 Å². The fourth-order valence-corrected chi connectivity index (χ4v) is 2.97. The SMILES string of the molecule is CC(C)[C@H](NC(=O)[C@H](CCCCN)NC(=O)[C@H](CS)NC(=O)[C@H](CO)NC(=O)CN)C(=O)O. The highest BCUT2D eigenvalue weighted by molar-refractivity contribution is 7.80. The van der Waals surface area contributed by atoms with Crippen LogP contribution in [0.3, 0.4) is 0 Å². The number of carboxylic acid groups (broad SMARTS) is 1. The molecule has 0 heterocycles. The van der Waals surface area contributed by atoms with Gasteiger partial charge in [-0.2, -0.15) is 12.6 Å². The van der Waals surface area contributed by atoms with Gasteiger partial charge in [-0.1, -0.05) is 13.8 Å². The van der Waals surface area contributed by atoms with Gasteiger partial charge in [0, 0.05) is 5.75 Å². The summed E-state index contributed by atoms with van der Waals surface area (Å²) in [6.45, 7) is 2.52. The van der Waals surface area contributed by atoms with Gasteiger partial charge in [-0.05, 0) is 31.7 Å². The lowest BCUT2D eigenvalue weighted by Gasteiger charge is -2.26. The van der Waals surface area contributed by atoms with E-state index in [1.807, 2.05) is 0 Å². The number of hydrogen-bond donors (Lipinski definition) is 9. The molecule has 14 heteroatoms. The summed E-state index contributed by atoms with van der Waals surface area (Å²) < 4.78 is 0. The fourth-order valence-electron chi connectivity index (χ4n) is 2.72. The van der Waals surface area contributed by atoms with Crippen LogP contribution in [0.15, 0.2) is 0 Å². The molecule has 0 fully saturated rings. The van der Waals surface area contributed by atoms with Crippen LogP contribution < -0.4 is 32.7 Å². The molecule has 13 nitrogen and oxygen atoms in total. The van der Waals surface area contributed by atoms with Crippen molar-refractivity contribution < 1.29 is 34.2 Å². The van der Waals surface area contributed by atoms with Gasteiger partial charge in [-0.25, -0.2) is 4.79 Å². The second-order valence-corrected chi connectivity index (χ2v) is 8.03. The van der Waals surface area contributed by atoms with E-state index in [-0.39, 0.29) is 12.2 Å². The van der Waals surface area contributed by atoms with Crippen LogP contribution in [-0.4, -0.2) is 89.4 Å². The molecule has 0 radical (unpaired) electrons. The van der Waals surface area contributed by atoms with E-state index in [0.717, 1.165) is 0 Å². The fraction of sp³-hybridized carbons (Fsp3) is 0.737. The minimum absolute atomic E-state index is 0.151. The lowest BCUT2D eigenvalue weighted by molar-refractivity contribution is -0.143. The molecule has 0 spiro atoms. The summed E-state index contributed by atoms with van der Waals surface area (Å²) in [6.07, 6.45) is 1.26. The zero-order valence-electron chi connectivity index (χ0n) is 18.9. The second kappa shape index (κ2) is 16.2. The highest BCUT2D eigenvalue weighted by atomic mass is 32.1. The smallest absolute Gasteiger partial charge is 0.326 e. The molecule has 33 heavy (non-hydrogen) atoms. The standard InChI is InChI=1S/C19H36N6O7S/c1-10(2)15(19(31)32)25-16(28)11(5-3-4-6-20)23-18(30)13(9-33)24-17(29)12(8-26)22-14(27)7-21/h10-13,15,26,33H,3-9,20-21H2,1-2H3,(H,22,27)(H,23,30)(H,24,29)(H,25,28)(H,31,32)/t11-,12-,13-,15-/m0/s1. The Kier molecular flexibility index (Phi) is 15.0. The van der Waals surface area contributed by atoms with Gasteiger partial charge < -0.3 is 42.9 Å². The van der Waals surface area contributed by atoms with Crippen LogP contribution in [-0.2, 0) is 24.0 Å². The Morgan fingerprint density at radius 3 is 1.85 bits per heavy atom. The number of aliphatic hydroxyl groups excluding tert-OH is 1. The first kappa shape index (κ1) is 30.6. The van der Waals surface area contributed by atoms with Crippen molar-refractivity contribution in [3.8, 4) is 0 Å². The number of carbonyl (C=O) groups excluding carboxylic acids is 4. The number of hydrogen-bond acceptors (Lipinski definition) is 9. The van der Waals surface area contributed by atoms with E-state index in [1.54, 1.807) is 13.8 Å². The minimum Gasteiger partial charge on any atom is -0.480 e. The summed E-state index contributed by atoms with van der Waals surface area (Å²) >= 11 is 4.04. The predicted molar refractivity (Wildman–Crippen MR) is 123 cm³/mol. The molecular formula is C19H36N6O7S. The highest BCUT2D eigenvalue weighted by Gasteiger charge is 2.31. The summed E-state index contributed by atoms with van der Waals surface area (Å²) in [7, 11) is 0. The second-order valence-electron chi connectivity index (χ2n) is 7.66. The van der Waals surface area contributed by atoms with Crippen LogP contribution in [0.5, 0.6) is 0 Å². The van der Waals surface area contributed by atoms with Gasteiger partial charge in [-0.15, -0.1) is 0 Å². The topological polar surface area (TPSA) is 226 Å². The lowest BCUT2D eigenvalue weighted by Crippen LogP contribution is -2.59. The quantitative estimate of drug-likeness (QED) is 0.0774. The zero-order chi connectivity index (χ0) is 25.6. The van der Waals surface area contributed by atoms with E-state index in [4.69, 9.17) is 11.5 Å². The first-order valence-electron chi connectivity index (χ1n) is 10.6. The summed E-state index contributed by atoms with van der Waals surface area (Å²) in [5.41, 5.74) is 10.7. The third-order valence-electron chi connectivity index (χ3n) is 4.65. The Labute approximate surface area is 198 Å². The van der Waals surface area contributed by atoms with Crippen LogP contribution in [0.4, 0.5) is 0 Å². The van der Waals surface area contributed by atoms with E-state index in [2.05, 4.69) is 33.9 Å². The van der Waals surface area contributed by atoms with E-state index in [1.165, 1.54) is 0 Å². The molecule has 190 valence electrons. The van der Waals surface area contributed by atoms with E-state index in [0.29, 0.717) is 19.4 Å². The van der Waals surface area contributed by atoms with Crippen LogP contribution in [0.2, 0.25) is 0 Å². The van der Waals surface area contributed by atoms with Crippen LogP contribution in [0, 0.1) is 5.92 Å². The normalized spacial score (nSPS) is 14.5. The van der Waals surface area contributed by atoms with Crippen molar-refractivity contribution in [1.82, 2.24) is 21.3 Å². The number of nitrogens with two attached hydrogens (primary N) is 2. The van der Waals surface area contributed by atoms with Crippen molar-refractivity contribution in [3.63, 3.8) is 0 Å². The average Bonchev–Trinajstić information content (AvgIpc) is 2.77. The Morgan fingerprint density at radius 1 is 0.848 bits per heavy atom. The molecule has 0 bridgehead atoms. The van der Waals surface area contributed by atoms with Crippen molar-refractivity contribution in [2.45, 2.75) is 57.3 Å². The molecule has 0 aromatic heterocycles. The summed E-state index contributed by atoms with van der Waals surface area (Å²) in [5.74, 6) is -4.70. The molecule has 0 aromatic carbocycles. The Morgan fingerprint density at radius 2 is 1.39 bits per heavy atom. The molecule has 0 aliphatic heterocycles. The number of aliphatic hydroxyl groups is 1. The number of nitrogens with one attached hydrogen (secondary N) is 4. The molecule has 4 amide bonds. The number of carbonyl (C=O) groups is 5. The first-order chi connectivity index (χ1) is 15.5. The van der Waals surface area contributed by atoms with Gasteiger partial charge in [0.2, 0.25) is 23.6 Å². The molecule has 10 N–H and O–H groups in total. The lowest BCUT2D eigenvalue weighted by atomic mass is 10.0. The van der Waals surface area contributed by atoms with Gasteiger partial charge in [-0.3, -0.25) is 19.2 Å². The third-order valence-corrected chi connectivity index (χ3v) is 5.01. The monoisotopic (exact) mass is 492 g/mol. The number of carboxylic acids is 1. The molecule has 4 atom stereocenters. The van der Waals surface area contributed by atoms with Crippen molar-refractivity contribution in [3.05, 3.63) is 0 Å². The largest absolute Gasteiger partial charge is 0.480 e. The summed E-state index contributed by atoms with van der Waals surface area (Å²) in [5, 5.41) is 28.1. The minimum atomic E-state index is -1.33. The number of amides is 4. The molecule has 0 saturated heterocycles. The zero-order valence-corrected chi connectivity index (χ0v) is 19.8. The highest BCUT2D eigenvalue weighted by Crippen LogP contribution is 2.06. The van der Waals surface area contributed by atoms with E-state index < -0.39 is 72.8 Å². The van der Waals surface area contributed by atoms with Gasteiger partial charge in [0.15, 0.2) is 0 Å². The van der Waals surface area contributed by atoms with Gasteiger partial charge in [0.25, 0.3) is 0 Å². The van der Waals surface area contributed by atoms with Crippen molar-refractivity contribution in [1.29, 1.82) is 0 Å². The maximum Gasteiger partial charge on any atom is 0.326 e. The third kappa shape index (κ3) is 11.3. The number of thiol groups is 1. The molecular weight excluding hydrogens is 456 g/mol. The van der Waals surface area contributed by atoms with Crippen LogP contribution in [0.25, 0.3) is 0 Å². The summed E-state index contributed by atoms with van der Waals surface area (Å²) in [6, 6.07) is -4.75. The molecule has 0 unspecified atom stereocenters. The maximum atomic E-state index is 12.7. The maximum absolute atomic E-state index is 12.7. The van der Waals surface area contributed by atoms with Crippen molar-refractivity contribution in [2.75, 3.05) is 25.4 Å². The molecule has 0 aliphatic rings. The summed E-state index contributed by atoms with van der Waals surface area (Å²) in [4.78, 5) is 60.6.